The van der Waals surface area contributed by atoms with Gasteiger partial charge in [-0.05, 0) is 46.5 Å². The van der Waals surface area contributed by atoms with Crippen LogP contribution in [0.15, 0.2) is 72.8 Å². The summed E-state index contributed by atoms with van der Waals surface area (Å²) in [6.07, 6.45) is 0.219. The molecule has 0 aliphatic carbocycles. The number of hydrogen-bond donors (Lipinski definition) is 2. The van der Waals surface area contributed by atoms with Crippen molar-refractivity contribution >= 4 is 0 Å². The molecule has 2 aliphatic rings. The third-order valence-corrected chi connectivity index (χ3v) is 8.36. The lowest BCUT2D eigenvalue weighted by molar-refractivity contribution is 0.000159. The van der Waals surface area contributed by atoms with Crippen molar-refractivity contribution in [2.24, 2.45) is 0 Å². The van der Waals surface area contributed by atoms with Gasteiger partial charge in [0.25, 0.3) is 0 Å². The molecule has 6 heteroatoms. The Morgan fingerprint density at radius 2 is 0.900 bits per heavy atom. The third-order valence-electron chi connectivity index (χ3n) is 8.36. The van der Waals surface area contributed by atoms with E-state index in [0.29, 0.717) is 13.2 Å². The van der Waals surface area contributed by atoms with Crippen molar-refractivity contribution < 1.29 is 18.9 Å². The fourth-order valence-corrected chi connectivity index (χ4v) is 5.40. The van der Waals surface area contributed by atoms with Crippen molar-refractivity contribution in [1.29, 1.82) is 0 Å². The number of benzene rings is 3. The first-order valence-electron chi connectivity index (χ1n) is 14.5. The van der Waals surface area contributed by atoms with Crippen LogP contribution in [0.1, 0.15) is 49.9 Å². The number of rotatable bonds is 10. The predicted molar refractivity (Wildman–Crippen MR) is 160 cm³/mol. The van der Waals surface area contributed by atoms with Gasteiger partial charge >= 0.3 is 0 Å². The van der Waals surface area contributed by atoms with E-state index in [0.717, 1.165) is 50.9 Å². The molecule has 2 saturated heterocycles. The Morgan fingerprint density at radius 3 is 1.20 bits per heavy atom. The molecule has 2 aliphatic heterocycles. The molecule has 0 radical (unpaired) electrons. The Hall–Kier alpha value is -2.90. The van der Waals surface area contributed by atoms with Gasteiger partial charge in [-0.1, -0.05) is 76.2 Å². The molecule has 2 fully saturated rings. The molecule has 2 atom stereocenters. The Balaban J connectivity index is 1.20. The van der Waals surface area contributed by atoms with Gasteiger partial charge in [0.15, 0.2) is 0 Å². The normalized spacial score (nSPS) is 20.2. The molecule has 5 rings (SSSR count). The van der Waals surface area contributed by atoms with Crippen LogP contribution in [0.3, 0.4) is 0 Å². The van der Waals surface area contributed by atoms with Gasteiger partial charge in [0.05, 0.1) is 13.2 Å². The minimum atomic E-state index is -0.131. The van der Waals surface area contributed by atoms with E-state index in [1.165, 1.54) is 22.3 Å². The Bertz CT molecular complexity index is 1100. The molecule has 2 heterocycles. The first-order valence-corrected chi connectivity index (χ1v) is 14.5. The zero-order chi connectivity index (χ0) is 28.0. The van der Waals surface area contributed by atoms with Crippen molar-refractivity contribution in [3.63, 3.8) is 0 Å². The van der Waals surface area contributed by atoms with E-state index in [-0.39, 0.29) is 23.0 Å². The molecule has 0 unspecified atom stereocenters. The second-order valence-electron chi connectivity index (χ2n) is 11.9. The standard InChI is InChI=1S/C34H44N2O4/c1-33(2,27-9-13-29(14-10-27)39-23-31-21-35-17-19-37-31)25-5-7-26(8-6-25)34(3,4)28-11-15-30(16-12-28)40-24-32-22-36-18-20-38-32/h5-16,31-32,35-36H,17-24H2,1-4H3/t31-,32-/m0/s1. The number of nitrogens with one attached hydrogen (secondary N) is 2. The quantitative estimate of drug-likeness (QED) is 0.372. The maximum atomic E-state index is 5.98. The van der Waals surface area contributed by atoms with Crippen LogP contribution >= 0.6 is 0 Å². The molecular formula is C34H44N2O4. The van der Waals surface area contributed by atoms with Crippen LogP contribution in [0.2, 0.25) is 0 Å². The smallest absolute Gasteiger partial charge is 0.119 e. The van der Waals surface area contributed by atoms with E-state index in [2.05, 4.69) is 111 Å². The van der Waals surface area contributed by atoms with E-state index >= 15 is 0 Å². The Labute approximate surface area is 239 Å². The molecule has 214 valence electrons. The summed E-state index contributed by atoms with van der Waals surface area (Å²) in [7, 11) is 0. The average Bonchev–Trinajstić information content (AvgIpc) is 3.00. The van der Waals surface area contributed by atoms with Crippen molar-refractivity contribution in [2.45, 2.75) is 50.7 Å². The summed E-state index contributed by atoms with van der Waals surface area (Å²) >= 11 is 0. The zero-order valence-electron chi connectivity index (χ0n) is 24.4. The van der Waals surface area contributed by atoms with Gasteiger partial charge in [0.1, 0.15) is 36.9 Å². The average molecular weight is 545 g/mol. The molecular weight excluding hydrogens is 500 g/mol. The highest BCUT2D eigenvalue weighted by atomic mass is 16.5. The highest BCUT2D eigenvalue weighted by Crippen LogP contribution is 2.36. The van der Waals surface area contributed by atoms with Crippen LogP contribution in [0.5, 0.6) is 11.5 Å². The second kappa shape index (κ2) is 12.7. The minimum Gasteiger partial charge on any atom is -0.491 e. The largest absolute Gasteiger partial charge is 0.491 e. The summed E-state index contributed by atoms with van der Waals surface area (Å²) in [5.41, 5.74) is 4.82. The number of hydrogen-bond acceptors (Lipinski definition) is 6. The molecule has 0 amide bonds. The van der Waals surface area contributed by atoms with E-state index in [9.17, 15) is 0 Å². The van der Waals surface area contributed by atoms with Crippen molar-refractivity contribution in [3.05, 3.63) is 95.1 Å². The Kier molecular flexibility index (Phi) is 9.11. The van der Waals surface area contributed by atoms with Crippen LogP contribution in [0.4, 0.5) is 0 Å². The van der Waals surface area contributed by atoms with E-state index < -0.39 is 0 Å². The molecule has 0 aromatic heterocycles. The van der Waals surface area contributed by atoms with E-state index in [4.69, 9.17) is 18.9 Å². The molecule has 3 aromatic rings. The Morgan fingerprint density at radius 1 is 0.575 bits per heavy atom. The van der Waals surface area contributed by atoms with Gasteiger partial charge in [-0.2, -0.15) is 0 Å². The summed E-state index contributed by atoms with van der Waals surface area (Å²) in [5.74, 6) is 1.75. The van der Waals surface area contributed by atoms with Crippen LogP contribution in [0, 0.1) is 0 Å². The van der Waals surface area contributed by atoms with Gasteiger partial charge in [0, 0.05) is 37.0 Å². The fourth-order valence-electron chi connectivity index (χ4n) is 5.40. The van der Waals surface area contributed by atoms with Gasteiger partial charge in [-0.15, -0.1) is 0 Å². The summed E-state index contributed by atoms with van der Waals surface area (Å²) in [6.45, 7) is 15.2. The summed E-state index contributed by atoms with van der Waals surface area (Å²) < 4.78 is 23.4. The molecule has 40 heavy (non-hydrogen) atoms. The van der Waals surface area contributed by atoms with Crippen LogP contribution in [-0.4, -0.2) is 64.8 Å². The topological polar surface area (TPSA) is 61.0 Å². The van der Waals surface area contributed by atoms with Crippen LogP contribution in [0.25, 0.3) is 0 Å². The second-order valence-corrected chi connectivity index (χ2v) is 11.9. The zero-order valence-corrected chi connectivity index (χ0v) is 24.4. The number of ether oxygens (including phenoxy) is 4. The van der Waals surface area contributed by atoms with Crippen LogP contribution < -0.4 is 20.1 Å². The van der Waals surface area contributed by atoms with E-state index in [1.54, 1.807) is 0 Å². The third kappa shape index (κ3) is 6.87. The van der Waals surface area contributed by atoms with Gasteiger partial charge < -0.3 is 29.6 Å². The molecule has 3 aromatic carbocycles. The lowest BCUT2D eigenvalue weighted by atomic mass is 9.74. The molecule has 0 bridgehead atoms. The van der Waals surface area contributed by atoms with Gasteiger partial charge in [-0.3, -0.25) is 0 Å². The van der Waals surface area contributed by atoms with Crippen molar-refractivity contribution in [1.82, 2.24) is 10.6 Å². The predicted octanol–water partition coefficient (Wildman–Crippen LogP) is 5.07. The maximum absolute atomic E-state index is 5.98. The van der Waals surface area contributed by atoms with Crippen molar-refractivity contribution in [3.8, 4) is 11.5 Å². The van der Waals surface area contributed by atoms with Gasteiger partial charge in [-0.25, -0.2) is 0 Å². The summed E-state index contributed by atoms with van der Waals surface area (Å²) in [6, 6.07) is 26.0. The minimum absolute atomic E-state index is 0.109. The first kappa shape index (κ1) is 28.6. The molecule has 2 N–H and O–H groups in total. The first-order chi connectivity index (χ1) is 19.3. The number of morpholine rings is 2. The van der Waals surface area contributed by atoms with Gasteiger partial charge in [0.2, 0.25) is 0 Å². The molecule has 6 nitrogen and oxygen atoms in total. The maximum Gasteiger partial charge on any atom is 0.119 e. The summed E-state index contributed by atoms with van der Waals surface area (Å²) in [4.78, 5) is 0. The fraction of sp³-hybridized carbons (Fsp3) is 0.471. The molecule has 0 saturated carbocycles. The lowest BCUT2D eigenvalue weighted by Crippen LogP contribution is -2.41. The highest BCUT2D eigenvalue weighted by molar-refractivity contribution is 5.45. The SMILES string of the molecule is CC(C)(c1ccc(OC[C@@H]2CNCCO2)cc1)c1ccc(C(C)(C)c2ccc(OC[C@@H]3CNCCO3)cc2)cc1. The lowest BCUT2D eigenvalue weighted by Gasteiger charge is -2.30. The van der Waals surface area contributed by atoms with Crippen LogP contribution in [-0.2, 0) is 20.3 Å². The highest BCUT2D eigenvalue weighted by Gasteiger charge is 2.27. The molecule has 0 spiro atoms. The van der Waals surface area contributed by atoms with Crippen molar-refractivity contribution in [2.75, 3.05) is 52.6 Å². The van der Waals surface area contributed by atoms with E-state index in [1.807, 2.05) is 0 Å². The monoisotopic (exact) mass is 544 g/mol. The summed E-state index contributed by atoms with van der Waals surface area (Å²) in [5, 5.41) is 6.68.